The summed E-state index contributed by atoms with van der Waals surface area (Å²) < 4.78 is 5.43. The van der Waals surface area contributed by atoms with Crippen molar-refractivity contribution in [3.63, 3.8) is 0 Å². The first-order valence-electron chi connectivity index (χ1n) is 9.17. The van der Waals surface area contributed by atoms with Crippen LogP contribution in [0.25, 0.3) is 0 Å². The Kier molecular flexibility index (Phi) is 4.57. The summed E-state index contributed by atoms with van der Waals surface area (Å²) in [5, 5.41) is 0. The summed E-state index contributed by atoms with van der Waals surface area (Å²) in [6.07, 6.45) is 2.89. The van der Waals surface area contributed by atoms with E-state index in [9.17, 15) is 4.79 Å². The summed E-state index contributed by atoms with van der Waals surface area (Å²) in [7, 11) is 0. The van der Waals surface area contributed by atoms with E-state index in [-0.39, 0.29) is 12.1 Å². The van der Waals surface area contributed by atoms with E-state index < -0.39 is 0 Å². The number of amides is 1. The van der Waals surface area contributed by atoms with E-state index in [2.05, 4.69) is 34.1 Å². The minimum Gasteiger partial charge on any atom is -0.381 e. The summed E-state index contributed by atoms with van der Waals surface area (Å²) in [4.78, 5) is 17.4. The lowest BCUT2D eigenvalue weighted by molar-refractivity contribution is -0.135. The van der Waals surface area contributed by atoms with Gasteiger partial charge >= 0.3 is 0 Å². The topological polar surface area (TPSA) is 58.8 Å². The van der Waals surface area contributed by atoms with E-state index in [4.69, 9.17) is 10.5 Å². The average molecular weight is 329 g/mol. The fourth-order valence-electron chi connectivity index (χ4n) is 4.55. The fourth-order valence-corrected chi connectivity index (χ4v) is 4.55. The van der Waals surface area contributed by atoms with Crippen LogP contribution in [0.2, 0.25) is 0 Å². The number of hydrogen-bond acceptors (Lipinski definition) is 4. The van der Waals surface area contributed by atoms with E-state index in [0.717, 1.165) is 52.1 Å². The Morgan fingerprint density at radius 2 is 1.79 bits per heavy atom. The van der Waals surface area contributed by atoms with Crippen molar-refractivity contribution in [1.82, 2.24) is 9.80 Å². The highest BCUT2D eigenvalue weighted by Crippen LogP contribution is 2.31. The molecule has 24 heavy (non-hydrogen) atoms. The molecule has 3 atom stereocenters. The first-order chi connectivity index (χ1) is 11.7. The summed E-state index contributed by atoms with van der Waals surface area (Å²) in [5.41, 5.74) is 7.70. The molecule has 4 rings (SSSR count). The minimum atomic E-state index is 0.0209. The smallest absolute Gasteiger partial charge is 0.240 e. The maximum absolute atomic E-state index is 12.9. The molecular weight excluding hydrogens is 302 g/mol. The van der Waals surface area contributed by atoms with Gasteiger partial charge < -0.3 is 15.4 Å². The van der Waals surface area contributed by atoms with Crippen molar-refractivity contribution in [2.24, 2.45) is 5.73 Å². The van der Waals surface area contributed by atoms with Crippen LogP contribution in [-0.4, -0.2) is 66.7 Å². The molecule has 3 heterocycles. The number of rotatable bonds is 3. The number of nitrogens with zero attached hydrogens (tertiary/aromatic N) is 2. The standard InChI is InChI=1S/C19H27N3O2/c20-17-13-21(12-16(17)14-4-2-1-3-5-14)18-6-9-22(19(18)23)15-7-10-24-11-8-15/h1-5,15-18H,6-13,20H2/t16-,17+,18?/m0/s1. The zero-order chi connectivity index (χ0) is 16.5. The number of carbonyl (C=O) groups excluding carboxylic acids is 1. The molecule has 3 aliphatic heterocycles. The normalized spacial score (nSPS) is 32.6. The Morgan fingerprint density at radius 1 is 1.04 bits per heavy atom. The van der Waals surface area contributed by atoms with Crippen LogP contribution in [0.15, 0.2) is 30.3 Å². The molecule has 3 fully saturated rings. The van der Waals surface area contributed by atoms with E-state index in [1.165, 1.54) is 5.56 Å². The van der Waals surface area contributed by atoms with Gasteiger partial charge in [0.2, 0.25) is 5.91 Å². The molecule has 130 valence electrons. The van der Waals surface area contributed by atoms with Gasteiger partial charge in [0.15, 0.2) is 0 Å². The molecule has 0 radical (unpaired) electrons. The van der Waals surface area contributed by atoms with E-state index >= 15 is 0 Å². The molecule has 5 heteroatoms. The van der Waals surface area contributed by atoms with Crippen LogP contribution >= 0.6 is 0 Å². The van der Waals surface area contributed by atoms with Crippen molar-refractivity contribution in [3.8, 4) is 0 Å². The van der Waals surface area contributed by atoms with Crippen LogP contribution in [0.5, 0.6) is 0 Å². The van der Waals surface area contributed by atoms with Gasteiger partial charge in [-0.2, -0.15) is 0 Å². The molecule has 0 bridgehead atoms. The predicted molar refractivity (Wildman–Crippen MR) is 92.7 cm³/mol. The minimum absolute atomic E-state index is 0.0209. The summed E-state index contributed by atoms with van der Waals surface area (Å²) in [5.74, 6) is 0.638. The van der Waals surface area contributed by atoms with Crippen molar-refractivity contribution in [3.05, 3.63) is 35.9 Å². The SMILES string of the molecule is N[C@@H]1CN(C2CCN(C3CCOCC3)C2=O)C[C@H]1c1ccccc1. The van der Waals surface area contributed by atoms with Crippen LogP contribution in [0.4, 0.5) is 0 Å². The number of benzene rings is 1. The zero-order valence-corrected chi connectivity index (χ0v) is 14.1. The molecule has 0 aliphatic carbocycles. The van der Waals surface area contributed by atoms with Crippen molar-refractivity contribution >= 4 is 5.91 Å². The van der Waals surface area contributed by atoms with Crippen LogP contribution in [0, 0.1) is 0 Å². The van der Waals surface area contributed by atoms with E-state index in [1.54, 1.807) is 0 Å². The van der Waals surface area contributed by atoms with Gasteiger partial charge in [-0.15, -0.1) is 0 Å². The largest absolute Gasteiger partial charge is 0.381 e. The van der Waals surface area contributed by atoms with Gasteiger partial charge in [0.1, 0.15) is 0 Å². The first kappa shape index (κ1) is 16.1. The number of hydrogen-bond donors (Lipinski definition) is 1. The molecular formula is C19H27N3O2. The molecule has 1 unspecified atom stereocenters. The monoisotopic (exact) mass is 329 g/mol. The Hall–Kier alpha value is -1.43. The Labute approximate surface area is 143 Å². The van der Waals surface area contributed by atoms with Crippen LogP contribution < -0.4 is 5.73 Å². The summed E-state index contributed by atoms with van der Waals surface area (Å²) in [6.45, 7) is 4.16. The third-order valence-electron chi connectivity index (χ3n) is 5.91. The molecule has 1 aromatic carbocycles. The number of nitrogens with two attached hydrogens (primary N) is 1. The second-order valence-corrected chi connectivity index (χ2v) is 7.31. The fraction of sp³-hybridized carbons (Fsp3) is 0.632. The van der Waals surface area contributed by atoms with Gasteiger partial charge in [0.25, 0.3) is 0 Å². The molecule has 0 saturated carbocycles. The quantitative estimate of drug-likeness (QED) is 0.905. The number of ether oxygens (including phenoxy) is 1. The molecule has 0 spiro atoms. The van der Waals surface area contributed by atoms with Crippen molar-refractivity contribution in [2.75, 3.05) is 32.8 Å². The first-order valence-corrected chi connectivity index (χ1v) is 9.17. The highest BCUT2D eigenvalue weighted by atomic mass is 16.5. The van der Waals surface area contributed by atoms with Gasteiger partial charge in [-0.25, -0.2) is 0 Å². The Bertz CT molecular complexity index is 573. The van der Waals surface area contributed by atoms with E-state index in [1.807, 2.05) is 6.07 Å². The lowest BCUT2D eigenvalue weighted by atomic mass is 9.95. The van der Waals surface area contributed by atoms with Gasteiger partial charge in [-0.3, -0.25) is 9.69 Å². The molecule has 2 N–H and O–H groups in total. The van der Waals surface area contributed by atoms with Gasteiger partial charge in [0.05, 0.1) is 6.04 Å². The third-order valence-corrected chi connectivity index (χ3v) is 5.91. The zero-order valence-electron chi connectivity index (χ0n) is 14.1. The Balaban J connectivity index is 1.42. The van der Waals surface area contributed by atoms with Gasteiger partial charge in [0, 0.05) is 50.8 Å². The van der Waals surface area contributed by atoms with E-state index in [0.29, 0.717) is 17.9 Å². The molecule has 1 aromatic rings. The molecule has 1 amide bonds. The molecule has 3 saturated heterocycles. The lowest BCUT2D eigenvalue weighted by Crippen LogP contribution is -2.46. The third kappa shape index (κ3) is 2.96. The summed E-state index contributed by atoms with van der Waals surface area (Å²) >= 11 is 0. The molecule has 0 aromatic heterocycles. The second-order valence-electron chi connectivity index (χ2n) is 7.31. The van der Waals surface area contributed by atoms with Gasteiger partial charge in [-0.1, -0.05) is 30.3 Å². The Morgan fingerprint density at radius 3 is 2.54 bits per heavy atom. The summed E-state index contributed by atoms with van der Waals surface area (Å²) in [6, 6.07) is 11.0. The van der Waals surface area contributed by atoms with Crippen molar-refractivity contribution in [2.45, 2.75) is 43.3 Å². The maximum atomic E-state index is 12.9. The van der Waals surface area contributed by atoms with Crippen molar-refractivity contribution < 1.29 is 9.53 Å². The lowest BCUT2D eigenvalue weighted by Gasteiger charge is -2.32. The van der Waals surface area contributed by atoms with Crippen LogP contribution in [0.3, 0.4) is 0 Å². The number of carbonyl (C=O) groups is 1. The second kappa shape index (κ2) is 6.82. The molecule has 5 nitrogen and oxygen atoms in total. The van der Waals surface area contributed by atoms with Crippen LogP contribution in [0.1, 0.15) is 30.7 Å². The highest BCUT2D eigenvalue weighted by Gasteiger charge is 2.43. The molecule has 3 aliphatic rings. The van der Waals surface area contributed by atoms with Crippen LogP contribution in [-0.2, 0) is 9.53 Å². The maximum Gasteiger partial charge on any atom is 0.240 e. The number of likely N-dealkylation sites (tertiary alicyclic amines) is 2. The van der Waals surface area contributed by atoms with Gasteiger partial charge in [-0.05, 0) is 24.8 Å². The average Bonchev–Trinajstić information content (AvgIpc) is 3.19. The van der Waals surface area contributed by atoms with Crippen molar-refractivity contribution in [1.29, 1.82) is 0 Å². The highest BCUT2D eigenvalue weighted by molar-refractivity contribution is 5.84. The predicted octanol–water partition coefficient (Wildman–Crippen LogP) is 1.19.